The molecule has 0 aromatic heterocycles. The second-order valence-electron chi connectivity index (χ2n) is 7.92. The van der Waals surface area contributed by atoms with Gasteiger partial charge in [0.1, 0.15) is 0 Å². The Morgan fingerprint density at radius 3 is 2.60 bits per heavy atom. The molecule has 0 bridgehead atoms. The molecule has 0 saturated carbocycles. The predicted molar refractivity (Wildman–Crippen MR) is 134 cm³/mol. The molecule has 1 aliphatic heterocycles. The van der Waals surface area contributed by atoms with E-state index >= 15 is 0 Å². The van der Waals surface area contributed by atoms with Crippen LogP contribution in [0.2, 0.25) is 0 Å². The summed E-state index contributed by atoms with van der Waals surface area (Å²) in [5, 5.41) is 11.6. The van der Waals surface area contributed by atoms with Crippen LogP contribution in [0.15, 0.2) is 77.7 Å². The number of nitrogens with one attached hydrogen (secondary N) is 1. The van der Waals surface area contributed by atoms with E-state index in [1.54, 1.807) is 47.4 Å². The standard InChI is InChI=1S/C27H23N3O4S/c28-16-19-10-12-20(13-11-19)18-35-24-8-2-1-7-23(24)27(33)34-17-25(31)29-21-5-3-6-22(15-21)30-14-4-9-26(30)32/h1-3,5-8,10-13,15H,4,9,14,17-18H2,(H,29,31). The quantitative estimate of drug-likeness (QED) is 0.364. The highest BCUT2D eigenvalue weighted by molar-refractivity contribution is 7.98. The van der Waals surface area contributed by atoms with E-state index in [0.717, 1.165) is 22.6 Å². The second kappa shape index (κ2) is 11.4. The maximum Gasteiger partial charge on any atom is 0.339 e. The van der Waals surface area contributed by atoms with Crippen molar-refractivity contribution in [3.8, 4) is 6.07 Å². The van der Waals surface area contributed by atoms with E-state index in [-0.39, 0.29) is 5.91 Å². The number of thioether (sulfide) groups is 1. The van der Waals surface area contributed by atoms with E-state index in [0.29, 0.717) is 35.5 Å². The molecule has 3 aromatic rings. The number of carbonyl (C=O) groups excluding carboxylic acids is 3. The van der Waals surface area contributed by atoms with Crippen LogP contribution in [0.3, 0.4) is 0 Å². The van der Waals surface area contributed by atoms with Crippen LogP contribution in [-0.4, -0.2) is 30.9 Å². The number of nitriles is 1. The van der Waals surface area contributed by atoms with E-state index in [1.807, 2.05) is 30.3 Å². The number of anilines is 2. The van der Waals surface area contributed by atoms with E-state index in [4.69, 9.17) is 10.00 Å². The van der Waals surface area contributed by atoms with Gasteiger partial charge in [-0.1, -0.05) is 30.3 Å². The molecule has 0 aliphatic carbocycles. The SMILES string of the molecule is N#Cc1ccc(CSc2ccccc2C(=O)OCC(=O)Nc2cccc(N3CCCC3=O)c2)cc1. The highest BCUT2D eigenvalue weighted by atomic mass is 32.2. The predicted octanol–water partition coefficient (Wildman–Crippen LogP) is 4.77. The van der Waals surface area contributed by atoms with Crippen molar-refractivity contribution in [3.05, 3.63) is 89.5 Å². The summed E-state index contributed by atoms with van der Waals surface area (Å²) >= 11 is 1.48. The maximum absolute atomic E-state index is 12.7. The zero-order chi connectivity index (χ0) is 24.6. The second-order valence-corrected chi connectivity index (χ2v) is 8.93. The molecule has 1 N–H and O–H groups in total. The molecule has 0 atom stereocenters. The largest absolute Gasteiger partial charge is 0.452 e. The van der Waals surface area contributed by atoms with Crippen LogP contribution < -0.4 is 10.2 Å². The fraction of sp³-hybridized carbons (Fsp3) is 0.185. The fourth-order valence-electron chi connectivity index (χ4n) is 3.68. The summed E-state index contributed by atoms with van der Waals surface area (Å²) in [7, 11) is 0. The van der Waals surface area contributed by atoms with Crippen molar-refractivity contribution in [1.82, 2.24) is 0 Å². The molecule has 2 amide bonds. The smallest absolute Gasteiger partial charge is 0.339 e. The van der Waals surface area contributed by atoms with Gasteiger partial charge < -0.3 is 15.0 Å². The molecule has 0 spiro atoms. The van der Waals surface area contributed by atoms with Crippen LogP contribution in [0.25, 0.3) is 0 Å². The van der Waals surface area contributed by atoms with Crippen molar-refractivity contribution in [1.29, 1.82) is 5.26 Å². The van der Waals surface area contributed by atoms with Gasteiger partial charge in [-0.25, -0.2) is 4.79 Å². The first-order chi connectivity index (χ1) is 17.0. The Morgan fingerprint density at radius 2 is 1.86 bits per heavy atom. The van der Waals surface area contributed by atoms with Crippen molar-refractivity contribution in [2.45, 2.75) is 23.5 Å². The molecule has 1 heterocycles. The molecule has 4 rings (SSSR count). The first kappa shape index (κ1) is 24.0. The van der Waals surface area contributed by atoms with Crippen LogP contribution in [0.5, 0.6) is 0 Å². The van der Waals surface area contributed by atoms with E-state index < -0.39 is 18.5 Å². The number of carbonyl (C=O) groups is 3. The summed E-state index contributed by atoms with van der Waals surface area (Å²) in [5.74, 6) is -0.365. The summed E-state index contributed by atoms with van der Waals surface area (Å²) in [6, 6.07) is 23.5. The van der Waals surface area contributed by atoms with Crippen molar-refractivity contribution < 1.29 is 19.1 Å². The average Bonchev–Trinajstić information content (AvgIpc) is 3.32. The van der Waals surface area contributed by atoms with Crippen LogP contribution in [-0.2, 0) is 20.1 Å². The minimum Gasteiger partial charge on any atom is -0.452 e. The summed E-state index contributed by atoms with van der Waals surface area (Å²) < 4.78 is 5.27. The Balaban J connectivity index is 1.32. The van der Waals surface area contributed by atoms with Gasteiger partial charge in [0.25, 0.3) is 5.91 Å². The van der Waals surface area contributed by atoms with E-state index in [9.17, 15) is 14.4 Å². The molecular formula is C27H23N3O4S. The number of esters is 1. The van der Waals surface area contributed by atoms with E-state index in [2.05, 4.69) is 11.4 Å². The van der Waals surface area contributed by atoms with Gasteiger partial charge in [-0.2, -0.15) is 5.26 Å². The van der Waals surface area contributed by atoms with Crippen LogP contribution in [0.4, 0.5) is 11.4 Å². The molecule has 3 aromatic carbocycles. The molecule has 0 radical (unpaired) electrons. The normalized spacial score (nSPS) is 12.8. The molecule has 1 fully saturated rings. The van der Waals surface area contributed by atoms with Crippen molar-refractivity contribution in [2.24, 2.45) is 0 Å². The van der Waals surface area contributed by atoms with Crippen molar-refractivity contribution in [2.75, 3.05) is 23.4 Å². The molecule has 0 unspecified atom stereocenters. The van der Waals surface area contributed by atoms with Gasteiger partial charge in [0.2, 0.25) is 5.91 Å². The van der Waals surface area contributed by atoms with Gasteiger partial charge in [-0.05, 0) is 54.4 Å². The fourth-order valence-corrected chi connectivity index (χ4v) is 4.67. The monoisotopic (exact) mass is 485 g/mol. The molecule has 1 saturated heterocycles. The minimum atomic E-state index is -0.584. The third-order valence-corrected chi connectivity index (χ3v) is 6.58. The molecule has 1 aliphatic rings. The lowest BCUT2D eigenvalue weighted by Crippen LogP contribution is -2.24. The molecular weight excluding hydrogens is 462 g/mol. The number of nitrogens with zero attached hydrogens (tertiary/aromatic N) is 2. The minimum absolute atomic E-state index is 0.0677. The van der Waals surface area contributed by atoms with Crippen LogP contribution in [0, 0.1) is 11.3 Å². The average molecular weight is 486 g/mol. The molecule has 8 heteroatoms. The maximum atomic E-state index is 12.7. The first-order valence-corrected chi connectivity index (χ1v) is 12.1. The lowest BCUT2D eigenvalue weighted by atomic mass is 10.2. The third kappa shape index (κ3) is 6.28. The molecule has 7 nitrogen and oxygen atoms in total. The van der Waals surface area contributed by atoms with Gasteiger partial charge in [-0.3, -0.25) is 9.59 Å². The summed E-state index contributed by atoms with van der Waals surface area (Å²) in [6.07, 6.45) is 1.35. The topological polar surface area (TPSA) is 99.5 Å². The van der Waals surface area contributed by atoms with Crippen LogP contribution >= 0.6 is 11.8 Å². The molecule has 35 heavy (non-hydrogen) atoms. The highest BCUT2D eigenvalue weighted by Crippen LogP contribution is 2.27. The lowest BCUT2D eigenvalue weighted by molar-refractivity contribution is -0.119. The Kier molecular flexibility index (Phi) is 7.81. The number of amides is 2. The Labute approximate surface area is 207 Å². The zero-order valence-electron chi connectivity index (χ0n) is 18.9. The van der Waals surface area contributed by atoms with Gasteiger partial charge in [0.05, 0.1) is 17.2 Å². The van der Waals surface area contributed by atoms with Crippen molar-refractivity contribution in [3.63, 3.8) is 0 Å². The van der Waals surface area contributed by atoms with Gasteiger partial charge in [0, 0.05) is 35.0 Å². The van der Waals surface area contributed by atoms with Crippen LogP contribution in [0.1, 0.15) is 34.3 Å². The highest BCUT2D eigenvalue weighted by Gasteiger charge is 2.22. The third-order valence-electron chi connectivity index (χ3n) is 5.43. The summed E-state index contributed by atoms with van der Waals surface area (Å²) in [4.78, 5) is 39.5. The number of hydrogen-bond acceptors (Lipinski definition) is 6. The van der Waals surface area contributed by atoms with Gasteiger partial charge in [-0.15, -0.1) is 11.8 Å². The first-order valence-electron chi connectivity index (χ1n) is 11.1. The Morgan fingerprint density at radius 1 is 1.06 bits per heavy atom. The number of rotatable bonds is 8. The van der Waals surface area contributed by atoms with Crippen molar-refractivity contribution >= 4 is 40.9 Å². The zero-order valence-corrected chi connectivity index (χ0v) is 19.7. The molecule has 176 valence electrons. The Bertz CT molecular complexity index is 1280. The number of ether oxygens (including phenoxy) is 1. The van der Waals surface area contributed by atoms with E-state index in [1.165, 1.54) is 11.8 Å². The summed E-state index contributed by atoms with van der Waals surface area (Å²) in [5.41, 5.74) is 3.26. The van der Waals surface area contributed by atoms with Gasteiger partial charge in [0.15, 0.2) is 6.61 Å². The number of hydrogen-bond donors (Lipinski definition) is 1. The Hall–Kier alpha value is -4.09. The number of benzene rings is 3. The lowest BCUT2D eigenvalue weighted by Gasteiger charge is -2.16. The summed E-state index contributed by atoms with van der Waals surface area (Å²) in [6.45, 7) is 0.233. The van der Waals surface area contributed by atoms with Gasteiger partial charge >= 0.3 is 5.97 Å².